The molecule has 2 aliphatic rings. The number of carbonyl (C=O) groups is 3. The van der Waals surface area contributed by atoms with Crippen LogP contribution in [-0.4, -0.2) is 33.6 Å². The van der Waals surface area contributed by atoms with Gasteiger partial charge in [0.1, 0.15) is 39.7 Å². The van der Waals surface area contributed by atoms with Gasteiger partial charge in [-0.2, -0.15) is 0 Å². The lowest BCUT2D eigenvalue weighted by Gasteiger charge is -2.29. The molecule has 1 aliphatic heterocycles. The number of benzene rings is 1. The van der Waals surface area contributed by atoms with Crippen LogP contribution in [0.5, 0.6) is 17.2 Å². The second-order valence-electron chi connectivity index (χ2n) is 9.05. The van der Waals surface area contributed by atoms with E-state index in [0.29, 0.717) is 18.5 Å². The maximum atomic E-state index is 13.8. The molecule has 2 aromatic rings. The lowest BCUT2D eigenvalue weighted by Crippen LogP contribution is -2.41. The van der Waals surface area contributed by atoms with Crippen LogP contribution in [0, 0.1) is 6.92 Å². The van der Waals surface area contributed by atoms with E-state index < -0.39 is 28.5 Å². The third-order valence-electron chi connectivity index (χ3n) is 6.63. The molecule has 2 heterocycles. The summed E-state index contributed by atoms with van der Waals surface area (Å²) >= 11 is 0. The first kappa shape index (κ1) is 23.4. The number of nitrogens with one attached hydrogen (secondary N) is 1. The summed E-state index contributed by atoms with van der Waals surface area (Å²) in [5, 5.41) is 24.5. The van der Waals surface area contributed by atoms with Crippen LogP contribution in [0.2, 0.25) is 0 Å². The van der Waals surface area contributed by atoms with Crippen molar-refractivity contribution in [3.05, 3.63) is 64.0 Å². The minimum atomic E-state index is -1.52. The average molecular weight is 466 g/mol. The van der Waals surface area contributed by atoms with E-state index in [-0.39, 0.29) is 45.6 Å². The van der Waals surface area contributed by atoms with Gasteiger partial charge < -0.3 is 24.7 Å². The van der Waals surface area contributed by atoms with E-state index in [1.54, 1.807) is 20.1 Å². The molecule has 1 aromatic heterocycles. The van der Waals surface area contributed by atoms with E-state index in [2.05, 4.69) is 5.32 Å². The molecule has 2 unspecified atom stereocenters. The standard InChI is InChI=1S/C26H27NO7/c1-12(8-9-16-7-6-10-33-16)27-14(3)19-17(29)11-18-26(5,25(19)32)21-23(31)13(2)22(30)20(15(4)28)24(21)34-18/h6-7,10-12,27,30-31H,8-9H2,1-5H3. The van der Waals surface area contributed by atoms with Gasteiger partial charge in [-0.1, -0.05) is 0 Å². The van der Waals surface area contributed by atoms with E-state index in [4.69, 9.17) is 9.15 Å². The fourth-order valence-electron chi connectivity index (χ4n) is 4.69. The highest BCUT2D eigenvalue weighted by atomic mass is 16.5. The highest BCUT2D eigenvalue weighted by Crippen LogP contribution is 2.57. The Bertz CT molecular complexity index is 1280. The molecular formula is C26H27NO7. The van der Waals surface area contributed by atoms with Crippen LogP contribution < -0.4 is 10.1 Å². The Morgan fingerprint density at radius 2 is 1.91 bits per heavy atom. The molecule has 34 heavy (non-hydrogen) atoms. The van der Waals surface area contributed by atoms with Gasteiger partial charge in [0.25, 0.3) is 0 Å². The minimum absolute atomic E-state index is 0.0164. The van der Waals surface area contributed by atoms with E-state index in [1.165, 1.54) is 19.9 Å². The molecule has 0 saturated carbocycles. The number of furan rings is 1. The van der Waals surface area contributed by atoms with E-state index >= 15 is 0 Å². The number of hydrogen-bond donors (Lipinski definition) is 3. The topological polar surface area (TPSA) is 126 Å². The number of aromatic hydroxyl groups is 2. The molecule has 0 radical (unpaired) electrons. The monoisotopic (exact) mass is 465 g/mol. The number of fused-ring (bicyclic) bond motifs is 3. The molecule has 8 nitrogen and oxygen atoms in total. The molecule has 0 bridgehead atoms. The number of ketones is 3. The highest BCUT2D eigenvalue weighted by Gasteiger charge is 2.56. The van der Waals surface area contributed by atoms with Gasteiger partial charge in [0.2, 0.25) is 0 Å². The zero-order chi connectivity index (χ0) is 24.9. The summed E-state index contributed by atoms with van der Waals surface area (Å²) in [6.07, 6.45) is 4.23. The van der Waals surface area contributed by atoms with Crippen molar-refractivity contribution in [1.82, 2.24) is 5.32 Å². The Labute approximate surface area is 196 Å². The molecule has 3 N–H and O–H groups in total. The predicted molar refractivity (Wildman–Crippen MR) is 123 cm³/mol. The number of carbonyl (C=O) groups excluding carboxylic acids is 3. The van der Waals surface area contributed by atoms with E-state index in [0.717, 1.165) is 5.76 Å². The third-order valence-corrected chi connectivity index (χ3v) is 6.63. The van der Waals surface area contributed by atoms with Crippen LogP contribution >= 0.6 is 0 Å². The van der Waals surface area contributed by atoms with Crippen molar-refractivity contribution < 1.29 is 33.8 Å². The molecule has 4 rings (SSSR count). The van der Waals surface area contributed by atoms with E-state index in [1.807, 2.05) is 19.1 Å². The summed E-state index contributed by atoms with van der Waals surface area (Å²) in [5.74, 6) is -1.56. The normalized spacial score (nSPS) is 21.4. The van der Waals surface area contributed by atoms with Gasteiger partial charge in [-0.15, -0.1) is 0 Å². The second-order valence-corrected chi connectivity index (χ2v) is 9.05. The molecule has 0 saturated heterocycles. The summed E-state index contributed by atoms with van der Waals surface area (Å²) in [6.45, 7) is 7.86. The molecule has 0 amide bonds. The first-order valence-electron chi connectivity index (χ1n) is 11.1. The van der Waals surface area contributed by atoms with Crippen LogP contribution in [0.4, 0.5) is 0 Å². The number of rotatable bonds is 6. The van der Waals surface area contributed by atoms with Gasteiger partial charge in [-0.25, -0.2) is 0 Å². The molecule has 2 atom stereocenters. The van der Waals surface area contributed by atoms with Gasteiger partial charge in [0.15, 0.2) is 17.3 Å². The maximum absolute atomic E-state index is 13.8. The highest BCUT2D eigenvalue weighted by molar-refractivity contribution is 6.31. The zero-order valence-corrected chi connectivity index (χ0v) is 19.7. The summed E-state index contributed by atoms with van der Waals surface area (Å²) in [7, 11) is 0. The Hall–Kier alpha value is -3.81. The minimum Gasteiger partial charge on any atom is -0.507 e. The van der Waals surface area contributed by atoms with Crippen LogP contribution in [-0.2, 0) is 21.4 Å². The lowest BCUT2D eigenvalue weighted by atomic mass is 9.70. The van der Waals surface area contributed by atoms with Crippen molar-refractivity contribution in [2.45, 2.75) is 58.9 Å². The molecule has 0 fully saturated rings. The Morgan fingerprint density at radius 3 is 2.53 bits per heavy atom. The smallest absolute Gasteiger partial charge is 0.194 e. The van der Waals surface area contributed by atoms with Crippen LogP contribution in [0.25, 0.3) is 0 Å². The number of allylic oxidation sites excluding steroid dienone is 4. The molecule has 1 aliphatic carbocycles. The number of phenolic OH excluding ortho intramolecular Hbond substituents is 2. The summed E-state index contributed by atoms with van der Waals surface area (Å²) in [5.41, 5.74) is -1.14. The molecule has 178 valence electrons. The first-order valence-corrected chi connectivity index (χ1v) is 11.1. The van der Waals surface area contributed by atoms with Gasteiger partial charge in [0, 0.05) is 29.8 Å². The summed E-state index contributed by atoms with van der Waals surface area (Å²) < 4.78 is 11.1. The van der Waals surface area contributed by atoms with Crippen LogP contribution in [0.3, 0.4) is 0 Å². The predicted octanol–water partition coefficient (Wildman–Crippen LogP) is 3.77. The Balaban J connectivity index is 1.74. The van der Waals surface area contributed by atoms with Crippen LogP contribution in [0.1, 0.15) is 61.4 Å². The number of phenols is 2. The second kappa shape index (κ2) is 8.20. The lowest BCUT2D eigenvalue weighted by molar-refractivity contribution is -0.123. The van der Waals surface area contributed by atoms with Crippen molar-refractivity contribution in [3.8, 4) is 17.2 Å². The first-order chi connectivity index (χ1) is 16.0. The summed E-state index contributed by atoms with van der Waals surface area (Å²) in [6, 6.07) is 3.65. The van der Waals surface area contributed by atoms with Crippen molar-refractivity contribution in [2.24, 2.45) is 0 Å². The SMILES string of the molecule is CC(=O)c1c(O)c(C)c(O)c2c1OC1=CC(=O)C(=C(C)NC(C)CCc3ccco3)C(=O)C12C. The molecule has 1 aromatic carbocycles. The molecule has 0 spiro atoms. The zero-order valence-electron chi connectivity index (χ0n) is 19.7. The maximum Gasteiger partial charge on any atom is 0.194 e. The van der Waals surface area contributed by atoms with Crippen molar-refractivity contribution in [2.75, 3.05) is 0 Å². The fraction of sp³-hybridized carbons (Fsp3) is 0.346. The third kappa shape index (κ3) is 3.41. The van der Waals surface area contributed by atoms with Gasteiger partial charge in [-0.3, -0.25) is 14.4 Å². The number of hydrogen-bond acceptors (Lipinski definition) is 8. The van der Waals surface area contributed by atoms with Gasteiger partial charge in [-0.05, 0) is 53.2 Å². The van der Waals surface area contributed by atoms with Crippen LogP contribution in [0.15, 0.2) is 45.9 Å². The fourth-order valence-corrected chi connectivity index (χ4v) is 4.69. The largest absolute Gasteiger partial charge is 0.507 e. The quantitative estimate of drug-likeness (QED) is 0.334. The average Bonchev–Trinajstić information content (AvgIpc) is 3.37. The Morgan fingerprint density at radius 1 is 1.21 bits per heavy atom. The molecule has 8 heteroatoms. The summed E-state index contributed by atoms with van der Waals surface area (Å²) in [4.78, 5) is 39.0. The number of ether oxygens (including phenoxy) is 1. The van der Waals surface area contributed by atoms with Crippen molar-refractivity contribution in [1.29, 1.82) is 0 Å². The van der Waals surface area contributed by atoms with Crippen molar-refractivity contribution in [3.63, 3.8) is 0 Å². The Kier molecular flexibility index (Phi) is 5.63. The number of Topliss-reactive ketones (excluding diaryl/α,β-unsaturated/α-hetero) is 2. The molecular weight excluding hydrogens is 438 g/mol. The van der Waals surface area contributed by atoms with Gasteiger partial charge >= 0.3 is 0 Å². The number of aryl methyl sites for hydroxylation is 1. The van der Waals surface area contributed by atoms with E-state index in [9.17, 15) is 24.6 Å². The van der Waals surface area contributed by atoms with Gasteiger partial charge in [0.05, 0.1) is 17.4 Å². The van der Waals surface area contributed by atoms with Crippen molar-refractivity contribution >= 4 is 17.3 Å².